The van der Waals surface area contributed by atoms with Crippen molar-refractivity contribution in [2.75, 3.05) is 14.2 Å². The number of nitrogens with one attached hydrogen (secondary N) is 1. The Bertz CT molecular complexity index is 2150. The molecule has 0 bridgehead atoms. The molecule has 0 aliphatic heterocycles. The highest BCUT2D eigenvalue weighted by molar-refractivity contribution is 5.87. The first-order chi connectivity index (χ1) is 23.0. The standard InChI is InChI=1S/C36H36N8O3/c1-6-12-31-38-32-22(2)17-25(36-37-26-15-10-11-16-27(26)43(36)3)20-28(32)44(31)21-23-18-29(45-4)34(30(19-23)46-5)47-33(35-39-41-42-40-35)24-13-8-7-9-14-24/h7-11,13-20,33H,6,12,21H2,1-5H3,(H,39,40,41,42). The smallest absolute Gasteiger partial charge is 0.219 e. The Hall–Kier alpha value is -5.71. The number of H-pyrrole nitrogens is 1. The van der Waals surface area contributed by atoms with Gasteiger partial charge in [-0.1, -0.05) is 54.6 Å². The molecule has 238 valence electrons. The van der Waals surface area contributed by atoms with E-state index in [2.05, 4.69) is 68.9 Å². The van der Waals surface area contributed by atoms with Crippen LogP contribution in [0, 0.1) is 6.92 Å². The van der Waals surface area contributed by atoms with E-state index in [0.29, 0.717) is 29.6 Å². The fourth-order valence-corrected chi connectivity index (χ4v) is 6.18. The highest BCUT2D eigenvalue weighted by Crippen LogP contribution is 2.42. The number of hydrogen-bond donors (Lipinski definition) is 1. The lowest BCUT2D eigenvalue weighted by Gasteiger charge is -2.21. The Balaban J connectivity index is 1.31. The lowest BCUT2D eigenvalue weighted by molar-refractivity contribution is 0.213. The number of imidazole rings is 2. The van der Waals surface area contributed by atoms with Crippen molar-refractivity contribution >= 4 is 22.1 Å². The van der Waals surface area contributed by atoms with E-state index < -0.39 is 6.10 Å². The Morgan fingerprint density at radius 2 is 1.62 bits per heavy atom. The number of rotatable bonds is 11. The van der Waals surface area contributed by atoms with Gasteiger partial charge < -0.3 is 23.3 Å². The average molecular weight is 629 g/mol. The molecule has 11 nitrogen and oxygen atoms in total. The number of fused-ring (bicyclic) bond motifs is 2. The molecule has 0 fully saturated rings. The lowest BCUT2D eigenvalue weighted by Crippen LogP contribution is -2.13. The molecular weight excluding hydrogens is 592 g/mol. The summed E-state index contributed by atoms with van der Waals surface area (Å²) in [4.78, 5) is 10.1. The molecule has 4 aromatic carbocycles. The van der Waals surface area contributed by atoms with Crippen molar-refractivity contribution in [2.45, 2.75) is 39.3 Å². The first-order valence-corrected chi connectivity index (χ1v) is 15.6. The molecule has 1 N–H and O–H groups in total. The van der Waals surface area contributed by atoms with Gasteiger partial charge in [-0.3, -0.25) is 0 Å². The summed E-state index contributed by atoms with van der Waals surface area (Å²) in [6.45, 7) is 4.84. The first-order valence-electron chi connectivity index (χ1n) is 15.6. The summed E-state index contributed by atoms with van der Waals surface area (Å²) < 4.78 is 22.8. The maximum atomic E-state index is 6.56. The van der Waals surface area contributed by atoms with Crippen molar-refractivity contribution in [3.8, 4) is 28.6 Å². The van der Waals surface area contributed by atoms with Crippen LogP contribution >= 0.6 is 0 Å². The van der Waals surface area contributed by atoms with Crippen molar-refractivity contribution in [3.05, 3.63) is 107 Å². The van der Waals surface area contributed by atoms with Gasteiger partial charge in [0.25, 0.3) is 0 Å². The van der Waals surface area contributed by atoms with Gasteiger partial charge in [0, 0.05) is 31.1 Å². The number of para-hydroxylation sites is 2. The van der Waals surface area contributed by atoms with Crippen LogP contribution in [0.5, 0.6) is 17.2 Å². The summed E-state index contributed by atoms with van der Waals surface area (Å²) in [5, 5.41) is 14.7. The van der Waals surface area contributed by atoms with Gasteiger partial charge in [0.05, 0.1) is 36.3 Å². The van der Waals surface area contributed by atoms with E-state index in [4.69, 9.17) is 24.2 Å². The number of hydrogen-bond acceptors (Lipinski definition) is 8. The summed E-state index contributed by atoms with van der Waals surface area (Å²) >= 11 is 0. The van der Waals surface area contributed by atoms with Crippen LogP contribution < -0.4 is 14.2 Å². The highest BCUT2D eigenvalue weighted by atomic mass is 16.5. The number of tetrazole rings is 1. The van der Waals surface area contributed by atoms with Crippen LogP contribution in [0.15, 0.2) is 78.9 Å². The molecule has 1 atom stereocenters. The molecule has 0 spiro atoms. The fourth-order valence-electron chi connectivity index (χ4n) is 6.18. The van der Waals surface area contributed by atoms with Crippen LogP contribution in [0.25, 0.3) is 33.5 Å². The second kappa shape index (κ2) is 12.6. The number of aromatic nitrogens is 8. The number of aryl methyl sites for hydroxylation is 3. The molecule has 0 aliphatic carbocycles. The molecular formula is C36H36N8O3. The Morgan fingerprint density at radius 3 is 2.30 bits per heavy atom. The van der Waals surface area contributed by atoms with Crippen LogP contribution in [-0.4, -0.2) is 53.9 Å². The van der Waals surface area contributed by atoms with Gasteiger partial charge in [-0.25, -0.2) is 9.97 Å². The van der Waals surface area contributed by atoms with Gasteiger partial charge >= 0.3 is 0 Å². The third kappa shape index (κ3) is 5.54. The molecule has 3 aromatic heterocycles. The van der Waals surface area contributed by atoms with Crippen molar-refractivity contribution in [2.24, 2.45) is 7.05 Å². The summed E-state index contributed by atoms with van der Waals surface area (Å²) in [7, 11) is 5.31. The molecule has 7 aromatic rings. The monoisotopic (exact) mass is 628 g/mol. The second-order valence-electron chi connectivity index (χ2n) is 11.5. The van der Waals surface area contributed by atoms with Gasteiger partial charge in [-0.05, 0) is 60.9 Å². The quantitative estimate of drug-likeness (QED) is 0.170. The number of methoxy groups -OCH3 is 2. The van der Waals surface area contributed by atoms with Gasteiger partial charge in [-0.15, -0.1) is 10.2 Å². The third-order valence-electron chi connectivity index (χ3n) is 8.44. The molecule has 0 saturated carbocycles. The van der Waals surface area contributed by atoms with Crippen molar-refractivity contribution in [3.63, 3.8) is 0 Å². The van der Waals surface area contributed by atoms with Crippen LogP contribution in [0.2, 0.25) is 0 Å². The molecule has 1 unspecified atom stereocenters. The molecule has 0 radical (unpaired) electrons. The van der Waals surface area contributed by atoms with E-state index in [9.17, 15) is 0 Å². The lowest BCUT2D eigenvalue weighted by atomic mass is 10.1. The van der Waals surface area contributed by atoms with Gasteiger partial charge in [0.1, 0.15) is 11.6 Å². The molecule has 11 heteroatoms. The summed E-state index contributed by atoms with van der Waals surface area (Å²) in [5.41, 5.74) is 8.09. The van der Waals surface area contributed by atoms with Gasteiger partial charge in [0.15, 0.2) is 17.6 Å². The van der Waals surface area contributed by atoms with Gasteiger partial charge in [0.2, 0.25) is 11.6 Å². The van der Waals surface area contributed by atoms with Crippen LogP contribution in [-0.2, 0) is 20.0 Å². The Morgan fingerprint density at radius 1 is 0.872 bits per heavy atom. The van der Waals surface area contributed by atoms with Crippen molar-refractivity contribution < 1.29 is 14.2 Å². The zero-order valence-electron chi connectivity index (χ0n) is 27.1. The first kappa shape index (κ1) is 30.0. The minimum absolute atomic E-state index is 0.394. The maximum Gasteiger partial charge on any atom is 0.219 e. The molecule has 47 heavy (non-hydrogen) atoms. The van der Waals surface area contributed by atoms with E-state index in [1.165, 1.54) is 0 Å². The maximum absolute atomic E-state index is 6.56. The van der Waals surface area contributed by atoms with Gasteiger partial charge in [-0.2, -0.15) is 5.21 Å². The summed E-state index contributed by atoms with van der Waals surface area (Å²) in [5.74, 6) is 3.84. The molecule has 0 aliphatic rings. The number of nitrogens with zero attached hydrogens (tertiary/aromatic N) is 7. The Kier molecular flexibility index (Phi) is 8.03. The molecule has 0 saturated heterocycles. The normalized spacial score (nSPS) is 12.1. The molecule has 0 amide bonds. The largest absolute Gasteiger partial charge is 0.493 e. The summed E-state index contributed by atoms with van der Waals surface area (Å²) in [6, 6.07) is 26.3. The van der Waals surface area contributed by atoms with E-state index >= 15 is 0 Å². The average Bonchev–Trinajstić information content (AvgIpc) is 3.83. The highest BCUT2D eigenvalue weighted by Gasteiger charge is 2.26. The van der Waals surface area contributed by atoms with E-state index in [-0.39, 0.29) is 0 Å². The predicted molar refractivity (Wildman–Crippen MR) is 180 cm³/mol. The van der Waals surface area contributed by atoms with Crippen molar-refractivity contribution in [1.29, 1.82) is 0 Å². The zero-order valence-corrected chi connectivity index (χ0v) is 27.1. The molecule has 3 heterocycles. The fraction of sp³-hybridized carbons (Fsp3) is 0.250. The SMILES string of the molecule is CCCc1nc2c(C)cc(-c3nc4ccccc4n3C)cc2n1Cc1cc(OC)c(OC(c2ccccc2)c2nn[nH]n2)c(OC)c1. The zero-order chi connectivity index (χ0) is 32.5. The second-order valence-corrected chi connectivity index (χ2v) is 11.5. The van der Waals surface area contributed by atoms with Crippen molar-refractivity contribution in [1.82, 2.24) is 39.7 Å². The predicted octanol–water partition coefficient (Wildman–Crippen LogP) is 6.60. The van der Waals surface area contributed by atoms with Crippen LogP contribution in [0.3, 0.4) is 0 Å². The number of ether oxygens (including phenoxy) is 3. The Labute approximate surface area is 272 Å². The minimum Gasteiger partial charge on any atom is -0.493 e. The number of benzene rings is 4. The van der Waals surface area contributed by atoms with E-state index in [1.54, 1.807) is 14.2 Å². The van der Waals surface area contributed by atoms with Crippen LogP contribution in [0.1, 0.15) is 47.8 Å². The third-order valence-corrected chi connectivity index (χ3v) is 8.44. The molecule has 7 rings (SSSR count). The summed E-state index contributed by atoms with van der Waals surface area (Å²) in [6.07, 6.45) is 1.17. The topological polar surface area (TPSA) is 118 Å². The minimum atomic E-state index is -0.637. The van der Waals surface area contributed by atoms with E-state index in [0.717, 1.165) is 68.8 Å². The van der Waals surface area contributed by atoms with E-state index in [1.807, 2.05) is 60.7 Å². The van der Waals surface area contributed by atoms with Crippen LogP contribution in [0.4, 0.5) is 0 Å². The number of aromatic amines is 1.